The van der Waals surface area contributed by atoms with Crippen molar-refractivity contribution in [1.82, 2.24) is 9.55 Å². The van der Waals surface area contributed by atoms with Gasteiger partial charge >= 0.3 is 0 Å². The number of nitrogens with two attached hydrogens (primary N) is 1. The summed E-state index contributed by atoms with van der Waals surface area (Å²) in [5.74, 6) is 0. The minimum Gasteiger partial charge on any atom is -0.333 e. The number of hydrogen-bond donors (Lipinski definition) is 1. The van der Waals surface area contributed by atoms with Gasteiger partial charge in [0.05, 0.1) is 12.0 Å². The molecule has 0 saturated heterocycles. The summed E-state index contributed by atoms with van der Waals surface area (Å²) in [4.78, 5) is 4.23. The Morgan fingerprint density at radius 2 is 2.19 bits per heavy atom. The summed E-state index contributed by atoms with van der Waals surface area (Å²) in [5.41, 5.74) is 7.63. The monoisotopic (exact) mass is 221 g/mol. The van der Waals surface area contributed by atoms with Crippen LogP contribution < -0.4 is 5.73 Å². The van der Waals surface area contributed by atoms with E-state index in [4.69, 9.17) is 5.73 Å². The largest absolute Gasteiger partial charge is 0.333 e. The summed E-state index contributed by atoms with van der Waals surface area (Å²) in [5, 5.41) is 0. The number of hydrogen-bond acceptors (Lipinski definition) is 2. The first-order valence-electron chi connectivity index (χ1n) is 6.42. The van der Waals surface area contributed by atoms with Gasteiger partial charge in [-0.2, -0.15) is 0 Å². The molecule has 1 aromatic rings. The quantitative estimate of drug-likeness (QED) is 0.849. The van der Waals surface area contributed by atoms with E-state index in [0.29, 0.717) is 5.41 Å². The number of aromatic nitrogens is 2. The lowest BCUT2D eigenvalue weighted by molar-refractivity contribution is 0.234. The van der Waals surface area contributed by atoms with E-state index in [1.807, 2.05) is 19.4 Å². The molecule has 1 atom stereocenters. The van der Waals surface area contributed by atoms with Gasteiger partial charge in [-0.15, -0.1) is 0 Å². The molecule has 2 N–H and O–H groups in total. The Hall–Kier alpha value is -0.830. The van der Waals surface area contributed by atoms with Crippen molar-refractivity contribution >= 4 is 0 Å². The smallest absolute Gasteiger partial charge is 0.0948 e. The van der Waals surface area contributed by atoms with Crippen LogP contribution in [0.1, 0.15) is 57.7 Å². The van der Waals surface area contributed by atoms with Gasteiger partial charge in [-0.1, -0.05) is 19.8 Å². The van der Waals surface area contributed by atoms with Crippen molar-refractivity contribution in [3.05, 3.63) is 18.2 Å². The van der Waals surface area contributed by atoms with Crippen LogP contribution in [0, 0.1) is 5.41 Å². The van der Waals surface area contributed by atoms with Gasteiger partial charge in [-0.3, -0.25) is 0 Å². The van der Waals surface area contributed by atoms with Gasteiger partial charge in [-0.05, 0) is 31.6 Å². The summed E-state index contributed by atoms with van der Waals surface area (Å²) in [6.45, 7) is 5.44. The molecule has 0 aromatic carbocycles. The minimum absolute atomic E-state index is 0.0813. The zero-order chi connectivity index (χ0) is 11.6. The molecule has 3 heteroatoms. The molecule has 16 heavy (non-hydrogen) atoms. The molecule has 0 spiro atoms. The second kappa shape index (κ2) is 4.58. The molecule has 0 bridgehead atoms. The molecule has 1 aliphatic carbocycles. The summed E-state index contributed by atoms with van der Waals surface area (Å²) in [7, 11) is 0. The van der Waals surface area contributed by atoms with Crippen LogP contribution in [0.3, 0.4) is 0 Å². The highest BCUT2D eigenvalue weighted by atomic mass is 15.1. The SMILES string of the molecule is CCC1(Cn2cncc2C(C)N)CCCC1. The van der Waals surface area contributed by atoms with E-state index in [1.165, 1.54) is 37.8 Å². The van der Waals surface area contributed by atoms with E-state index < -0.39 is 0 Å². The normalized spacial score (nSPS) is 21.2. The minimum atomic E-state index is 0.0813. The third-order valence-electron chi connectivity index (χ3n) is 4.13. The van der Waals surface area contributed by atoms with Crippen molar-refractivity contribution in [3.63, 3.8) is 0 Å². The molecular formula is C13H23N3. The van der Waals surface area contributed by atoms with Gasteiger partial charge in [0.15, 0.2) is 0 Å². The van der Waals surface area contributed by atoms with Gasteiger partial charge < -0.3 is 10.3 Å². The van der Waals surface area contributed by atoms with Gasteiger partial charge in [0.1, 0.15) is 0 Å². The van der Waals surface area contributed by atoms with E-state index in [2.05, 4.69) is 16.5 Å². The Balaban J connectivity index is 2.16. The van der Waals surface area contributed by atoms with Crippen LogP contribution in [-0.2, 0) is 6.54 Å². The Labute approximate surface area is 98.1 Å². The van der Waals surface area contributed by atoms with E-state index in [1.54, 1.807) is 0 Å². The molecule has 2 rings (SSSR count). The molecule has 1 aliphatic rings. The third kappa shape index (κ3) is 2.14. The lowest BCUT2D eigenvalue weighted by Gasteiger charge is -2.29. The maximum atomic E-state index is 5.96. The lowest BCUT2D eigenvalue weighted by atomic mass is 9.83. The van der Waals surface area contributed by atoms with Crippen molar-refractivity contribution in [2.24, 2.45) is 11.1 Å². The van der Waals surface area contributed by atoms with E-state index in [-0.39, 0.29) is 6.04 Å². The fourth-order valence-electron chi connectivity index (χ4n) is 2.95. The summed E-state index contributed by atoms with van der Waals surface area (Å²) in [6, 6.07) is 0.0813. The fourth-order valence-corrected chi connectivity index (χ4v) is 2.95. The molecule has 1 aromatic heterocycles. The highest BCUT2D eigenvalue weighted by Gasteiger charge is 2.32. The zero-order valence-corrected chi connectivity index (χ0v) is 10.4. The number of nitrogens with zero attached hydrogens (tertiary/aromatic N) is 2. The summed E-state index contributed by atoms with van der Waals surface area (Å²) < 4.78 is 2.26. The number of imidazole rings is 1. The first-order chi connectivity index (χ1) is 7.67. The van der Waals surface area contributed by atoms with Crippen LogP contribution in [0.25, 0.3) is 0 Å². The highest BCUT2D eigenvalue weighted by molar-refractivity contribution is 5.04. The molecule has 0 radical (unpaired) electrons. The third-order valence-corrected chi connectivity index (χ3v) is 4.13. The average Bonchev–Trinajstić information content (AvgIpc) is 2.88. The van der Waals surface area contributed by atoms with Gasteiger partial charge in [-0.25, -0.2) is 4.98 Å². The first kappa shape index (κ1) is 11.6. The topological polar surface area (TPSA) is 43.8 Å². The Morgan fingerprint density at radius 1 is 1.50 bits per heavy atom. The highest BCUT2D eigenvalue weighted by Crippen LogP contribution is 2.42. The van der Waals surface area contributed by atoms with Crippen molar-refractivity contribution in [3.8, 4) is 0 Å². The molecule has 90 valence electrons. The van der Waals surface area contributed by atoms with Crippen molar-refractivity contribution < 1.29 is 0 Å². The fraction of sp³-hybridized carbons (Fsp3) is 0.769. The van der Waals surface area contributed by atoms with Crippen molar-refractivity contribution in [2.45, 2.75) is 58.5 Å². The Morgan fingerprint density at radius 3 is 2.75 bits per heavy atom. The van der Waals surface area contributed by atoms with Gasteiger partial charge in [0, 0.05) is 18.8 Å². The van der Waals surface area contributed by atoms with E-state index in [0.717, 1.165) is 6.54 Å². The van der Waals surface area contributed by atoms with Crippen LogP contribution in [0.2, 0.25) is 0 Å². The second-order valence-electron chi connectivity index (χ2n) is 5.30. The molecule has 1 heterocycles. The zero-order valence-electron chi connectivity index (χ0n) is 10.4. The predicted octanol–water partition coefficient (Wildman–Crippen LogP) is 2.87. The second-order valence-corrected chi connectivity index (χ2v) is 5.30. The molecule has 0 amide bonds. The molecule has 1 saturated carbocycles. The first-order valence-corrected chi connectivity index (χ1v) is 6.42. The molecule has 0 aliphatic heterocycles. The standard InChI is InChI=1S/C13H23N3/c1-3-13(6-4-5-7-13)9-16-10-15-8-12(16)11(2)14/h8,10-11H,3-7,9,14H2,1-2H3. The van der Waals surface area contributed by atoms with Crippen LogP contribution in [-0.4, -0.2) is 9.55 Å². The summed E-state index contributed by atoms with van der Waals surface area (Å²) >= 11 is 0. The average molecular weight is 221 g/mol. The van der Waals surface area contributed by atoms with Crippen LogP contribution in [0.15, 0.2) is 12.5 Å². The molecular weight excluding hydrogens is 198 g/mol. The Kier molecular flexibility index (Phi) is 3.33. The number of rotatable bonds is 4. The summed E-state index contributed by atoms with van der Waals surface area (Å²) in [6.07, 6.45) is 10.6. The molecule has 1 unspecified atom stereocenters. The van der Waals surface area contributed by atoms with Gasteiger partial charge in [0.2, 0.25) is 0 Å². The van der Waals surface area contributed by atoms with Crippen LogP contribution in [0.5, 0.6) is 0 Å². The van der Waals surface area contributed by atoms with E-state index in [9.17, 15) is 0 Å². The van der Waals surface area contributed by atoms with Crippen LogP contribution >= 0.6 is 0 Å². The maximum Gasteiger partial charge on any atom is 0.0948 e. The predicted molar refractivity (Wildman–Crippen MR) is 66.0 cm³/mol. The maximum absolute atomic E-state index is 5.96. The van der Waals surface area contributed by atoms with Crippen molar-refractivity contribution in [1.29, 1.82) is 0 Å². The van der Waals surface area contributed by atoms with Crippen molar-refractivity contribution in [2.75, 3.05) is 0 Å². The van der Waals surface area contributed by atoms with Crippen LogP contribution in [0.4, 0.5) is 0 Å². The lowest BCUT2D eigenvalue weighted by Crippen LogP contribution is -2.24. The van der Waals surface area contributed by atoms with E-state index >= 15 is 0 Å². The van der Waals surface area contributed by atoms with Gasteiger partial charge in [0.25, 0.3) is 0 Å². The Bertz CT molecular complexity index is 335. The molecule has 1 fully saturated rings. The molecule has 3 nitrogen and oxygen atoms in total.